The van der Waals surface area contributed by atoms with E-state index in [1.807, 2.05) is 33.8 Å². The Bertz CT molecular complexity index is 932. The number of carbonyl (C=O) groups is 1. The lowest BCUT2D eigenvalue weighted by Gasteiger charge is -2.41. The van der Waals surface area contributed by atoms with E-state index >= 15 is 4.39 Å². The highest BCUT2D eigenvalue weighted by molar-refractivity contribution is 7.28. The van der Waals surface area contributed by atoms with Crippen molar-refractivity contribution in [2.24, 2.45) is 5.41 Å². The van der Waals surface area contributed by atoms with E-state index in [1.54, 1.807) is 4.57 Å². The number of hydrogen-bond acceptors (Lipinski definition) is 3. The molecule has 26 heavy (non-hydrogen) atoms. The minimum absolute atomic E-state index is 0.0147. The lowest BCUT2D eigenvalue weighted by Crippen LogP contribution is -2.38. The maximum Gasteiger partial charge on any atom is 0.227 e. The Morgan fingerprint density at radius 2 is 2.15 bits per heavy atom. The Kier molecular flexibility index (Phi) is 4.56. The van der Waals surface area contributed by atoms with E-state index in [2.05, 4.69) is 19.5 Å². The van der Waals surface area contributed by atoms with Gasteiger partial charge in [-0.3, -0.25) is 10.1 Å². The van der Waals surface area contributed by atoms with Gasteiger partial charge in [-0.25, -0.2) is 9.37 Å². The maximum absolute atomic E-state index is 15.0. The van der Waals surface area contributed by atoms with Crippen LogP contribution in [0.4, 0.5) is 10.3 Å². The largest absolute Gasteiger partial charge is 0.301 e. The molecule has 1 unspecified atom stereocenters. The van der Waals surface area contributed by atoms with E-state index in [4.69, 9.17) is 0 Å². The minimum atomic E-state index is -0.578. The number of fused-ring (bicyclic) bond motifs is 1. The number of hydrogen-bond donors (Lipinski definition) is 1. The molecule has 1 amide bonds. The van der Waals surface area contributed by atoms with E-state index in [1.165, 1.54) is 6.07 Å². The molecule has 1 fully saturated rings. The molecule has 1 heterocycles. The predicted octanol–water partition coefficient (Wildman–Crippen LogP) is 3.82. The summed E-state index contributed by atoms with van der Waals surface area (Å²) in [5, 5.41) is 12.8. The molecule has 0 radical (unpaired) electrons. The fourth-order valence-electron chi connectivity index (χ4n) is 3.49. The van der Waals surface area contributed by atoms with Gasteiger partial charge in [-0.2, -0.15) is 5.26 Å². The van der Waals surface area contributed by atoms with Crippen molar-refractivity contribution in [1.82, 2.24) is 9.55 Å². The summed E-state index contributed by atoms with van der Waals surface area (Å²) in [7, 11) is 2.51. The van der Waals surface area contributed by atoms with Crippen LogP contribution in [0.3, 0.4) is 0 Å². The summed E-state index contributed by atoms with van der Waals surface area (Å²) in [6, 6.07) is 3.38. The third kappa shape index (κ3) is 3.21. The zero-order valence-electron chi connectivity index (χ0n) is 15.6. The van der Waals surface area contributed by atoms with Crippen molar-refractivity contribution in [2.45, 2.75) is 58.9 Å². The molecule has 1 aliphatic rings. The quantitative estimate of drug-likeness (QED) is 0.831. The molecule has 1 aliphatic carbocycles. The van der Waals surface area contributed by atoms with Gasteiger partial charge in [0.1, 0.15) is 17.1 Å². The van der Waals surface area contributed by atoms with Gasteiger partial charge in [0.05, 0.1) is 5.56 Å². The van der Waals surface area contributed by atoms with E-state index in [0.29, 0.717) is 28.7 Å². The second kappa shape index (κ2) is 6.32. The number of aromatic nitrogens is 2. The first-order valence-corrected chi connectivity index (χ1v) is 9.34. The number of nitriles is 1. The normalized spacial score (nSPS) is 16.2. The van der Waals surface area contributed by atoms with Gasteiger partial charge in [-0.05, 0) is 43.0 Å². The molecule has 3 rings (SSSR count). The van der Waals surface area contributed by atoms with Gasteiger partial charge >= 0.3 is 0 Å². The number of nitrogens with one attached hydrogen (secondary N) is 1. The zero-order chi connectivity index (χ0) is 19.3. The SMILES string of the molecule is CC(C)(C)CC(=O)Nc1nc2c(P)cc(C#N)c(F)c2n1C1(C)CCC1. The molecule has 0 bridgehead atoms. The lowest BCUT2D eigenvalue weighted by atomic mass is 9.78. The Balaban J connectivity index is 2.19. The van der Waals surface area contributed by atoms with Crippen LogP contribution < -0.4 is 10.6 Å². The number of amides is 1. The van der Waals surface area contributed by atoms with Crippen LogP contribution in [0.15, 0.2) is 6.07 Å². The average molecular weight is 374 g/mol. The second-order valence-corrected chi connectivity index (χ2v) is 9.17. The van der Waals surface area contributed by atoms with Crippen molar-refractivity contribution in [3.8, 4) is 6.07 Å². The third-order valence-electron chi connectivity index (χ3n) is 4.93. The number of benzene rings is 1. The highest BCUT2D eigenvalue weighted by Gasteiger charge is 2.38. The highest BCUT2D eigenvalue weighted by Crippen LogP contribution is 2.43. The molecule has 0 aliphatic heterocycles. The van der Waals surface area contributed by atoms with E-state index in [9.17, 15) is 10.1 Å². The number of rotatable bonds is 3. The first kappa shape index (κ1) is 18.8. The van der Waals surface area contributed by atoms with Crippen LogP contribution in [0, 0.1) is 22.6 Å². The molecule has 1 saturated carbocycles. The minimum Gasteiger partial charge on any atom is -0.301 e. The van der Waals surface area contributed by atoms with Crippen LogP contribution in [-0.4, -0.2) is 15.5 Å². The van der Waals surface area contributed by atoms with Crippen LogP contribution in [0.2, 0.25) is 0 Å². The molecular formula is C19H24FN4OP. The van der Waals surface area contributed by atoms with E-state index in [-0.39, 0.29) is 22.4 Å². The number of nitrogens with zero attached hydrogens (tertiary/aromatic N) is 3. The van der Waals surface area contributed by atoms with E-state index in [0.717, 1.165) is 19.3 Å². The van der Waals surface area contributed by atoms with Gasteiger partial charge in [0.25, 0.3) is 0 Å². The second-order valence-electron chi connectivity index (χ2n) is 8.54. The Morgan fingerprint density at radius 1 is 1.50 bits per heavy atom. The van der Waals surface area contributed by atoms with Crippen LogP contribution in [0.5, 0.6) is 0 Å². The van der Waals surface area contributed by atoms with Crippen LogP contribution >= 0.6 is 9.24 Å². The molecule has 0 spiro atoms. The predicted molar refractivity (Wildman–Crippen MR) is 104 cm³/mol. The van der Waals surface area contributed by atoms with Crippen molar-refractivity contribution in [3.63, 3.8) is 0 Å². The third-order valence-corrected chi connectivity index (χ3v) is 5.37. The first-order valence-electron chi connectivity index (χ1n) is 8.76. The fraction of sp³-hybridized carbons (Fsp3) is 0.526. The standard InChI is InChI=1S/C19H24FN4OP/c1-18(2,3)9-13(25)22-17-23-15-12(26)8-11(10-21)14(20)16(15)24(17)19(4)6-5-7-19/h8H,5-7,9,26H2,1-4H3,(H,22,23,25). The Morgan fingerprint density at radius 3 is 2.65 bits per heavy atom. The zero-order valence-corrected chi connectivity index (χ0v) is 16.8. The summed E-state index contributed by atoms with van der Waals surface area (Å²) in [4.78, 5) is 17.0. The molecule has 7 heteroatoms. The van der Waals surface area contributed by atoms with Gasteiger partial charge in [-0.1, -0.05) is 20.8 Å². The summed E-state index contributed by atoms with van der Waals surface area (Å²) >= 11 is 0. The topological polar surface area (TPSA) is 70.7 Å². The molecule has 2 aromatic rings. The fourth-order valence-corrected chi connectivity index (χ4v) is 3.86. The monoisotopic (exact) mass is 374 g/mol. The van der Waals surface area contributed by atoms with Gasteiger partial charge in [-0.15, -0.1) is 9.24 Å². The Hall–Kier alpha value is -1.99. The summed E-state index contributed by atoms with van der Waals surface area (Å²) in [5.41, 5.74) is 0.268. The molecular weight excluding hydrogens is 350 g/mol. The van der Waals surface area contributed by atoms with Crippen molar-refractivity contribution in [2.75, 3.05) is 5.32 Å². The molecule has 0 saturated heterocycles. The smallest absolute Gasteiger partial charge is 0.227 e. The highest BCUT2D eigenvalue weighted by atomic mass is 31.0. The lowest BCUT2D eigenvalue weighted by molar-refractivity contribution is -0.117. The number of imidazole rings is 1. The van der Waals surface area contributed by atoms with Crippen LogP contribution in [0.1, 0.15) is 58.9 Å². The summed E-state index contributed by atoms with van der Waals surface area (Å²) in [6.45, 7) is 8.01. The van der Waals surface area contributed by atoms with Crippen LogP contribution in [-0.2, 0) is 10.3 Å². The summed E-state index contributed by atoms with van der Waals surface area (Å²) in [6.07, 6.45) is 3.14. The van der Waals surface area contributed by atoms with E-state index < -0.39 is 5.82 Å². The molecule has 1 atom stereocenters. The molecule has 1 aromatic heterocycles. The molecule has 5 nitrogen and oxygen atoms in total. The van der Waals surface area contributed by atoms with Gasteiger partial charge < -0.3 is 4.57 Å². The first-order chi connectivity index (χ1) is 12.1. The van der Waals surface area contributed by atoms with Gasteiger partial charge in [0.15, 0.2) is 5.82 Å². The summed E-state index contributed by atoms with van der Waals surface area (Å²) in [5.74, 6) is -0.372. The van der Waals surface area contributed by atoms with Crippen molar-refractivity contribution in [3.05, 3.63) is 17.4 Å². The summed E-state index contributed by atoms with van der Waals surface area (Å²) < 4.78 is 16.8. The Labute approximate surface area is 155 Å². The van der Waals surface area contributed by atoms with Gasteiger partial charge in [0, 0.05) is 12.0 Å². The van der Waals surface area contributed by atoms with Gasteiger partial charge in [0.2, 0.25) is 11.9 Å². The van der Waals surface area contributed by atoms with Crippen molar-refractivity contribution in [1.29, 1.82) is 5.26 Å². The van der Waals surface area contributed by atoms with Crippen molar-refractivity contribution < 1.29 is 9.18 Å². The molecule has 138 valence electrons. The maximum atomic E-state index is 15.0. The van der Waals surface area contributed by atoms with Crippen LogP contribution in [0.25, 0.3) is 11.0 Å². The average Bonchev–Trinajstić information content (AvgIpc) is 2.86. The van der Waals surface area contributed by atoms with Crippen molar-refractivity contribution >= 4 is 37.4 Å². The molecule has 1 aromatic carbocycles. The number of halogens is 1. The number of carbonyl (C=O) groups excluding carboxylic acids is 1. The number of anilines is 1. The molecule has 1 N–H and O–H groups in total.